The first-order chi connectivity index (χ1) is 15.7. The molecule has 2 amide bonds. The average molecular weight is 487 g/mol. The Morgan fingerprint density at radius 1 is 1.12 bits per heavy atom. The van der Waals surface area contributed by atoms with Gasteiger partial charge < -0.3 is 10.6 Å². The topological polar surface area (TPSA) is 79.5 Å². The standard InChI is InChI=1S/C25H31ClN4O2S/c1-14-5-6-17(8-20(14)26)21(9-22(27)31)29-10-18-12-30(13-19(18)11-29)25(32)24-15(2)7-23(33-4)28-16(24)3/h5-8,18-19,21H,9-13H2,1-4H3,(H2,27,31). The molecule has 0 bridgehead atoms. The van der Waals surface area contributed by atoms with Crippen molar-refractivity contribution in [3.8, 4) is 0 Å². The van der Waals surface area contributed by atoms with E-state index >= 15 is 0 Å². The van der Waals surface area contributed by atoms with Crippen molar-refractivity contribution in [2.75, 3.05) is 32.4 Å². The normalized spacial score (nSPS) is 21.3. The summed E-state index contributed by atoms with van der Waals surface area (Å²) in [5, 5.41) is 1.64. The second-order valence-electron chi connectivity index (χ2n) is 9.32. The number of hydrogen-bond donors (Lipinski definition) is 1. The monoisotopic (exact) mass is 486 g/mol. The third kappa shape index (κ3) is 4.91. The van der Waals surface area contributed by atoms with Crippen LogP contribution in [-0.2, 0) is 4.79 Å². The first-order valence-electron chi connectivity index (χ1n) is 11.3. The molecule has 0 saturated carbocycles. The lowest BCUT2D eigenvalue weighted by Gasteiger charge is -2.30. The number of nitrogens with two attached hydrogens (primary N) is 1. The smallest absolute Gasteiger partial charge is 0.255 e. The molecular formula is C25H31ClN4O2S. The predicted molar refractivity (Wildman–Crippen MR) is 133 cm³/mol. The van der Waals surface area contributed by atoms with E-state index in [2.05, 4.69) is 9.88 Å². The van der Waals surface area contributed by atoms with Crippen molar-refractivity contribution in [1.82, 2.24) is 14.8 Å². The highest BCUT2D eigenvalue weighted by Crippen LogP contribution is 2.38. The highest BCUT2D eigenvalue weighted by molar-refractivity contribution is 7.98. The van der Waals surface area contributed by atoms with Gasteiger partial charge in [-0.1, -0.05) is 23.7 Å². The van der Waals surface area contributed by atoms with Gasteiger partial charge in [0.05, 0.1) is 16.3 Å². The molecule has 2 aromatic rings. The lowest BCUT2D eigenvalue weighted by atomic mass is 10.0. The highest BCUT2D eigenvalue weighted by Gasteiger charge is 2.44. The Hall–Kier alpha value is -2.09. The number of pyridine rings is 1. The molecule has 33 heavy (non-hydrogen) atoms. The third-order valence-corrected chi connectivity index (χ3v) is 8.05. The Labute approximate surface area is 204 Å². The van der Waals surface area contributed by atoms with Gasteiger partial charge >= 0.3 is 0 Å². The third-order valence-electron chi connectivity index (χ3n) is 7.01. The second kappa shape index (κ2) is 9.65. The van der Waals surface area contributed by atoms with Crippen molar-refractivity contribution in [2.45, 2.75) is 38.3 Å². The fourth-order valence-corrected chi connectivity index (χ4v) is 6.01. The summed E-state index contributed by atoms with van der Waals surface area (Å²) >= 11 is 7.96. The molecule has 2 fully saturated rings. The van der Waals surface area contributed by atoms with E-state index in [1.807, 2.05) is 56.2 Å². The van der Waals surface area contributed by atoms with Crippen LogP contribution >= 0.6 is 23.4 Å². The number of nitrogens with zero attached hydrogens (tertiary/aromatic N) is 3. The number of halogens is 1. The quantitative estimate of drug-likeness (QED) is 0.624. The average Bonchev–Trinajstić information content (AvgIpc) is 3.32. The van der Waals surface area contributed by atoms with E-state index in [1.165, 1.54) is 0 Å². The summed E-state index contributed by atoms with van der Waals surface area (Å²) in [6.45, 7) is 8.98. The number of fused-ring (bicyclic) bond motifs is 1. The summed E-state index contributed by atoms with van der Waals surface area (Å²) in [6.07, 6.45) is 2.25. The zero-order chi connectivity index (χ0) is 23.9. The number of aromatic nitrogens is 1. The van der Waals surface area contributed by atoms with Crippen LogP contribution in [0.3, 0.4) is 0 Å². The molecule has 0 aliphatic carbocycles. The van der Waals surface area contributed by atoms with Crippen molar-refractivity contribution >= 4 is 35.2 Å². The molecule has 8 heteroatoms. The molecule has 2 N–H and O–H groups in total. The Bertz CT molecular complexity index is 1060. The largest absolute Gasteiger partial charge is 0.370 e. The number of benzene rings is 1. The summed E-state index contributed by atoms with van der Waals surface area (Å²) in [6, 6.07) is 7.87. The fraction of sp³-hybridized carbons (Fsp3) is 0.480. The van der Waals surface area contributed by atoms with Gasteiger partial charge in [0.1, 0.15) is 0 Å². The summed E-state index contributed by atoms with van der Waals surface area (Å²) < 4.78 is 0. The first-order valence-corrected chi connectivity index (χ1v) is 12.9. The minimum Gasteiger partial charge on any atom is -0.370 e. The number of amides is 2. The van der Waals surface area contributed by atoms with Crippen LogP contribution in [0.1, 0.15) is 45.2 Å². The molecule has 1 aromatic carbocycles. The molecule has 3 atom stereocenters. The molecule has 0 radical (unpaired) electrons. The summed E-state index contributed by atoms with van der Waals surface area (Å²) in [7, 11) is 0. The lowest BCUT2D eigenvalue weighted by Crippen LogP contribution is -2.36. The Balaban J connectivity index is 1.48. The van der Waals surface area contributed by atoms with E-state index in [0.29, 0.717) is 16.9 Å². The van der Waals surface area contributed by atoms with Crippen molar-refractivity contribution in [3.63, 3.8) is 0 Å². The van der Waals surface area contributed by atoms with E-state index < -0.39 is 0 Å². The fourth-order valence-electron chi connectivity index (χ4n) is 5.30. The number of primary amides is 1. The predicted octanol–water partition coefficient (Wildman–Crippen LogP) is 4.00. The zero-order valence-corrected chi connectivity index (χ0v) is 21.2. The lowest BCUT2D eigenvalue weighted by molar-refractivity contribution is -0.119. The van der Waals surface area contributed by atoms with Crippen LogP contribution in [0.25, 0.3) is 0 Å². The molecule has 0 spiro atoms. The SMILES string of the molecule is CSc1cc(C)c(C(=O)N2CC3CN(C(CC(N)=O)c4ccc(C)c(Cl)c4)CC3C2)c(C)n1. The van der Waals surface area contributed by atoms with Gasteiger partial charge in [0.25, 0.3) is 5.91 Å². The molecule has 3 heterocycles. The van der Waals surface area contributed by atoms with Gasteiger partial charge in [-0.15, -0.1) is 11.8 Å². The number of carbonyl (C=O) groups is 2. The van der Waals surface area contributed by atoms with E-state index in [4.69, 9.17) is 17.3 Å². The van der Waals surface area contributed by atoms with Crippen molar-refractivity contribution < 1.29 is 9.59 Å². The van der Waals surface area contributed by atoms with Gasteiger partial charge in [0.15, 0.2) is 0 Å². The minimum absolute atomic E-state index is 0.0742. The highest BCUT2D eigenvalue weighted by atomic mass is 35.5. The molecule has 2 saturated heterocycles. The van der Waals surface area contributed by atoms with Crippen LogP contribution in [0.5, 0.6) is 0 Å². The number of aryl methyl sites for hydroxylation is 3. The molecule has 4 rings (SSSR count). The van der Waals surface area contributed by atoms with Gasteiger partial charge in [-0.05, 0) is 67.7 Å². The van der Waals surface area contributed by atoms with Crippen LogP contribution in [0, 0.1) is 32.6 Å². The first kappa shape index (κ1) is 24.0. The van der Waals surface area contributed by atoms with E-state index in [9.17, 15) is 9.59 Å². The molecule has 1 aromatic heterocycles. The molecule has 3 unspecified atom stereocenters. The molecule has 2 aliphatic rings. The minimum atomic E-state index is -0.322. The number of rotatable bonds is 6. The Morgan fingerprint density at radius 3 is 2.33 bits per heavy atom. The number of likely N-dealkylation sites (tertiary alicyclic amines) is 2. The summed E-state index contributed by atoms with van der Waals surface area (Å²) in [5.41, 5.74) is 10.1. The van der Waals surface area contributed by atoms with E-state index in [0.717, 1.165) is 59.2 Å². The molecular weight excluding hydrogens is 456 g/mol. The summed E-state index contributed by atoms with van der Waals surface area (Å²) in [4.78, 5) is 34.1. The summed E-state index contributed by atoms with van der Waals surface area (Å²) in [5.74, 6) is 0.511. The Kier molecular flexibility index (Phi) is 7.03. The maximum atomic E-state index is 13.4. The maximum absolute atomic E-state index is 13.4. The van der Waals surface area contributed by atoms with E-state index in [-0.39, 0.29) is 24.3 Å². The number of thioether (sulfide) groups is 1. The second-order valence-corrected chi connectivity index (χ2v) is 10.6. The van der Waals surface area contributed by atoms with Gasteiger partial charge in [0, 0.05) is 43.7 Å². The Morgan fingerprint density at radius 2 is 1.79 bits per heavy atom. The van der Waals surface area contributed by atoms with Crippen molar-refractivity contribution in [3.05, 3.63) is 57.2 Å². The molecule has 176 valence electrons. The van der Waals surface area contributed by atoms with Crippen molar-refractivity contribution in [1.29, 1.82) is 0 Å². The van der Waals surface area contributed by atoms with Crippen LogP contribution in [0.4, 0.5) is 0 Å². The molecule has 2 aliphatic heterocycles. The van der Waals surface area contributed by atoms with Gasteiger partial charge in [-0.25, -0.2) is 4.98 Å². The van der Waals surface area contributed by atoms with Crippen LogP contribution < -0.4 is 5.73 Å². The maximum Gasteiger partial charge on any atom is 0.255 e. The zero-order valence-electron chi connectivity index (χ0n) is 19.6. The van der Waals surface area contributed by atoms with E-state index in [1.54, 1.807) is 11.8 Å². The van der Waals surface area contributed by atoms with Crippen LogP contribution in [0.2, 0.25) is 5.02 Å². The van der Waals surface area contributed by atoms with Crippen molar-refractivity contribution in [2.24, 2.45) is 17.6 Å². The van der Waals surface area contributed by atoms with Gasteiger partial charge in [-0.2, -0.15) is 0 Å². The number of hydrogen-bond acceptors (Lipinski definition) is 5. The van der Waals surface area contributed by atoms with Crippen LogP contribution in [0.15, 0.2) is 29.3 Å². The van der Waals surface area contributed by atoms with Crippen LogP contribution in [-0.4, -0.2) is 59.0 Å². The molecule has 6 nitrogen and oxygen atoms in total. The number of carbonyl (C=O) groups excluding carboxylic acids is 2. The van der Waals surface area contributed by atoms with Gasteiger partial charge in [0.2, 0.25) is 5.91 Å². The van der Waals surface area contributed by atoms with Gasteiger partial charge in [-0.3, -0.25) is 14.5 Å².